The first-order valence-electron chi connectivity index (χ1n) is 11.4. The second kappa shape index (κ2) is 17.8. The number of halogens is 2. The van der Waals surface area contributed by atoms with Gasteiger partial charge in [-0.15, -0.1) is 106 Å². The standard InChI is InChI=1S/2C12H13.C7H7.2ClH.Si.Zr/c2*1-3-10-5-4-6-11-7-9(2)8-12(10)11;1-7-5-3-2-4-6-7;;;;/h2*4-8H,3H2,1-2H3;2-6H,1H2;2*1H;;/q3*-1;;;;. The molecular weight excluding hydrogens is 563 g/mol. The van der Waals surface area contributed by atoms with Crippen molar-refractivity contribution in [1.82, 2.24) is 0 Å². The Morgan fingerprint density at radius 3 is 1.37 bits per heavy atom. The van der Waals surface area contributed by atoms with E-state index in [1.807, 2.05) is 30.3 Å². The van der Waals surface area contributed by atoms with Gasteiger partial charge in [0.1, 0.15) is 0 Å². The van der Waals surface area contributed by atoms with Crippen LogP contribution in [0.3, 0.4) is 0 Å². The maximum atomic E-state index is 3.72. The molecule has 0 saturated heterocycles. The third-order valence-corrected chi connectivity index (χ3v) is 5.58. The summed E-state index contributed by atoms with van der Waals surface area (Å²) in [6, 6.07) is 32.0. The molecule has 5 rings (SSSR count). The Morgan fingerprint density at radius 2 is 1.06 bits per heavy atom. The summed E-state index contributed by atoms with van der Waals surface area (Å²) in [7, 11) is 0. The summed E-state index contributed by atoms with van der Waals surface area (Å²) in [5.74, 6) is 0. The van der Waals surface area contributed by atoms with Crippen molar-refractivity contribution in [2.75, 3.05) is 0 Å². The van der Waals surface area contributed by atoms with E-state index in [1.54, 1.807) is 0 Å². The summed E-state index contributed by atoms with van der Waals surface area (Å²) in [6.07, 6.45) is 2.25. The second-order valence-electron chi connectivity index (χ2n) is 8.10. The Bertz CT molecular complexity index is 1180. The van der Waals surface area contributed by atoms with Crippen molar-refractivity contribution in [1.29, 1.82) is 0 Å². The topological polar surface area (TPSA) is 0 Å². The number of rotatable bonds is 2. The Morgan fingerprint density at radius 1 is 0.657 bits per heavy atom. The van der Waals surface area contributed by atoms with Crippen LogP contribution in [-0.4, -0.2) is 6.88 Å². The number of aryl methyl sites for hydroxylation is 4. The maximum absolute atomic E-state index is 3.72. The molecule has 0 amide bonds. The van der Waals surface area contributed by atoms with E-state index in [9.17, 15) is 0 Å². The van der Waals surface area contributed by atoms with Crippen LogP contribution in [0.5, 0.6) is 0 Å². The fourth-order valence-corrected chi connectivity index (χ4v) is 3.99. The van der Waals surface area contributed by atoms with Crippen molar-refractivity contribution < 1.29 is 23.3 Å². The van der Waals surface area contributed by atoms with Crippen LogP contribution in [0.4, 0.5) is 0 Å². The molecule has 0 saturated carbocycles. The summed E-state index contributed by atoms with van der Waals surface area (Å²) < 4.78 is 0. The summed E-state index contributed by atoms with van der Waals surface area (Å²) in [6.45, 7) is 15.5. The zero-order valence-corrected chi connectivity index (χ0v) is 26.2. The third-order valence-electron chi connectivity index (χ3n) is 5.58. The van der Waals surface area contributed by atoms with Crippen molar-refractivity contribution >= 4 is 53.2 Å². The molecule has 35 heavy (non-hydrogen) atoms. The van der Waals surface area contributed by atoms with Crippen molar-refractivity contribution in [3.05, 3.63) is 126 Å². The number of hydrogen-bond donors (Lipinski definition) is 0. The van der Waals surface area contributed by atoms with E-state index in [1.165, 1.54) is 67.1 Å². The van der Waals surface area contributed by atoms with E-state index < -0.39 is 0 Å². The molecule has 0 N–H and O–H groups in total. The zero-order valence-electron chi connectivity index (χ0n) is 21.1. The molecule has 0 atom stereocenters. The van der Waals surface area contributed by atoms with E-state index in [2.05, 4.69) is 102 Å². The summed E-state index contributed by atoms with van der Waals surface area (Å²) in [5.41, 5.74) is 6.72. The van der Waals surface area contributed by atoms with Gasteiger partial charge in [0.25, 0.3) is 0 Å². The van der Waals surface area contributed by atoms with Gasteiger partial charge >= 0.3 is 30.2 Å². The Labute approximate surface area is 241 Å². The molecule has 0 unspecified atom stereocenters. The first-order valence-corrected chi connectivity index (χ1v) is 15.6. The van der Waals surface area contributed by atoms with Crippen molar-refractivity contribution in [3.63, 3.8) is 0 Å². The molecule has 0 aromatic heterocycles. The molecule has 0 aliphatic rings. The number of benzene rings is 3. The average molecular weight is 598 g/mol. The van der Waals surface area contributed by atoms with Crippen LogP contribution in [0.15, 0.2) is 91.0 Å². The molecule has 184 valence electrons. The number of hydrogen-bond acceptors (Lipinski definition) is 0. The predicted molar refractivity (Wildman–Crippen MR) is 158 cm³/mol. The fourth-order valence-electron chi connectivity index (χ4n) is 3.99. The molecule has 0 aliphatic carbocycles. The molecule has 2 radical (unpaired) electrons. The zero-order chi connectivity index (χ0) is 24.2. The normalized spacial score (nSPS) is 9.23. The van der Waals surface area contributed by atoms with Gasteiger partial charge in [-0.2, -0.15) is 36.8 Å². The molecule has 5 aromatic rings. The van der Waals surface area contributed by atoms with Crippen molar-refractivity contribution in [3.8, 4) is 0 Å². The molecule has 0 nitrogen and oxygen atoms in total. The summed E-state index contributed by atoms with van der Waals surface area (Å²) in [5, 5.41) is 5.62. The van der Waals surface area contributed by atoms with E-state index in [0.717, 1.165) is 18.4 Å². The van der Waals surface area contributed by atoms with Crippen molar-refractivity contribution in [2.45, 2.75) is 40.5 Å². The van der Waals surface area contributed by atoms with Gasteiger partial charge in [-0.05, 0) is 12.8 Å². The first kappa shape index (κ1) is 33.4. The van der Waals surface area contributed by atoms with Gasteiger partial charge in [0.2, 0.25) is 0 Å². The third kappa shape index (κ3) is 10.1. The first-order chi connectivity index (χ1) is 16.0. The van der Waals surface area contributed by atoms with Crippen LogP contribution in [0.25, 0.3) is 21.5 Å². The van der Waals surface area contributed by atoms with Gasteiger partial charge in [0, 0.05) is 0 Å². The quantitative estimate of drug-likeness (QED) is 0.141. The molecule has 0 spiro atoms. The monoisotopic (exact) mass is 595 g/mol. The fraction of sp³-hybridized carbons (Fsp3) is 0.194. The Hall–Kier alpha value is -1.57. The molecule has 0 fully saturated rings. The van der Waals surface area contributed by atoms with E-state index in [-0.39, 0.29) is 24.8 Å². The Kier molecular flexibility index (Phi) is 17.0. The summed E-state index contributed by atoms with van der Waals surface area (Å²) >= 11 is 1.36. The summed E-state index contributed by atoms with van der Waals surface area (Å²) in [4.78, 5) is 0. The van der Waals surface area contributed by atoms with E-state index in [4.69, 9.17) is 0 Å². The van der Waals surface area contributed by atoms with E-state index >= 15 is 0 Å². The molecule has 0 heterocycles. The molecule has 0 aliphatic heterocycles. The molecule has 0 bridgehead atoms. The van der Waals surface area contributed by atoms with Crippen LogP contribution >= 0.6 is 24.8 Å². The van der Waals surface area contributed by atoms with Gasteiger partial charge < -0.3 is 0 Å². The Balaban J connectivity index is 0.000000480. The number of fused-ring (bicyclic) bond motifs is 2. The molecule has 5 aromatic carbocycles. The second-order valence-corrected chi connectivity index (χ2v) is 8.10. The van der Waals surface area contributed by atoms with Gasteiger partial charge in [-0.25, -0.2) is 0 Å². The van der Waals surface area contributed by atoms with Crippen LogP contribution in [0.1, 0.15) is 41.7 Å². The van der Waals surface area contributed by atoms with Crippen LogP contribution in [0, 0.1) is 20.8 Å². The van der Waals surface area contributed by atoms with Crippen molar-refractivity contribution in [2.24, 2.45) is 0 Å². The van der Waals surface area contributed by atoms with Gasteiger partial charge in [0.05, 0.1) is 0 Å². The SMILES string of the molecule is CCc1cccc2[cH-]c(C)cc12.CCc1cccc2[cH-]c(C)cc12.Cl.Cl.[CH2-]c1ccccc1.[Si]=[Zr]. The molecule has 4 heteroatoms. The van der Waals surface area contributed by atoms with Gasteiger partial charge in [-0.3, -0.25) is 0 Å². The van der Waals surface area contributed by atoms with E-state index in [0.29, 0.717) is 0 Å². The van der Waals surface area contributed by atoms with Crippen LogP contribution in [-0.2, 0) is 36.2 Å². The van der Waals surface area contributed by atoms with Crippen LogP contribution in [0.2, 0.25) is 0 Å². The predicted octanol–water partition coefficient (Wildman–Crippen LogP) is 9.19. The molecular formula is C31H35Cl2SiZr-3. The minimum absolute atomic E-state index is 0. The van der Waals surface area contributed by atoms with Gasteiger partial charge in [-0.1, -0.05) is 57.0 Å². The minimum atomic E-state index is 0. The average Bonchev–Trinajstić information content (AvgIpc) is 3.42. The van der Waals surface area contributed by atoms with Crippen LogP contribution < -0.4 is 0 Å². The van der Waals surface area contributed by atoms with Gasteiger partial charge in [0.15, 0.2) is 0 Å².